The Morgan fingerprint density at radius 3 is 2.60 bits per heavy atom. The van der Waals surface area contributed by atoms with Crippen molar-refractivity contribution < 1.29 is 19.1 Å². The molecular weight excluding hydrogens is 263 g/mol. The molecule has 6 heteroatoms. The lowest BCUT2D eigenvalue weighted by molar-refractivity contribution is 0.0696. The van der Waals surface area contributed by atoms with Crippen molar-refractivity contribution in [3.63, 3.8) is 0 Å². The van der Waals surface area contributed by atoms with E-state index >= 15 is 0 Å². The van der Waals surface area contributed by atoms with E-state index in [9.17, 15) is 14.0 Å². The van der Waals surface area contributed by atoms with E-state index in [4.69, 9.17) is 5.11 Å². The van der Waals surface area contributed by atoms with Crippen LogP contribution in [-0.2, 0) is 0 Å². The first-order valence-corrected chi connectivity index (χ1v) is 6.57. The fourth-order valence-corrected chi connectivity index (χ4v) is 2.17. The number of nitrogens with one attached hydrogen (secondary N) is 2. The second-order valence-corrected chi connectivity index (χ2v) is 5.08. The topological polar surface area (TPSA) is 78.4 Å². The highest BCUT2D eigenvalue weighted by Gasteiger charge is 2.25. The molecule has 0 aromatic heterocycles. The molecule has 2 rings (SSSR count). The van der Waals surface area contributed by atoms with Gasteiger partial charge in [0, 0.05) is 6.04 Å². The minimum atomic E-state index is -1.21. The van der Waals surface area contributed by atoms with Crippen LogP contribution < -0.4 is 10.6 Å². The number of benzene rings is 1. The SMILES string of the molecule is CC(NC(=O)Nc1ccc(C(=O)O)cc1F)C1CCC1. The predicted molar refractivity (Wildman–Crippen MR) is 72.3 cm³/mol. The van der Waals surface area contributed by atoms with Gasteiger partial charge in [0.15, 0.2) is 0 Å². The number of hydrogen-bond acceptors (Lipinski definition) is 2. The van der Waals surface area contributed by atoms with E-state index < -0.39 is 17.8 Å². The molecule has 2 amide bonds. The van der Waals surface area contributed by atoms with Crippen LogP contribution in [0.3, 0.4) is 0 Å². The zero-order chi connectivity index (χ0) is 14.7. The molecule has 1 atom stereocenters. The number of carboxylic acids is 1. The van der Waals surface area contributed by atoms with E-state index in [0.29, 0.717) is 5.92 Å². The van der Waals surface area contributed by atoms with Gasteiger partial charge in [0.05, 0.1) is 11.3 Å². The Hall–Kier alpha value is -2.11. The number of aromatic carboxylic acids is 1. The Morgan fingerprint density at radius 1 is 1.40 bits per heavy atom. The van der Waals surface area contributed by atoms with Crippen LogP contribution in [0.1, 0.15) is 36.5 Å². The Kier molecular flexibility index (Phi) is 4.22. The van der Waals surface area contributed by atoms with Crippen LogP contribution in [0, 0.1) is 11.7 Å². The zero-order valence-electron chi connectivity index (χ0n) is 11.1. The maximum atomic E-state index is 13.6. The highest BCUT2D eigenvalue weighted by Crippen LogP contribution is 2.29. The van der Waals surface area contributed by atoms with Crippen LogP contribution in [0.15, 0.2) is 18.2 Å². The van der Waals surface area contributed by atoms with E-state index in [1.807, 2.05) is 6.92 Å². The molecule has 5 nitrogen and oxygen atoms in total. The number of halogens is 1. The molecule has 1 fully saturated rings. The smallest absolute Gasteiger partial charge is 0.335 e. The summed E-state index contributed by atoms with van der Waals surface area (Å²) in [7, 11) is 0. The average molecular weight is 280 g/mol. The van der Waals surface area contributed by atoms with Crippen molar-refractivity contribution in [3.05, 3.63) is 29.6 Å². The van der Waals surface area contributed by atoms with Gasteiger partial charge in [-0.25, -0.2) is 14.0 Å². The molecule has 0 bridgehead atoms. The average Bonchev–Trinajstić information content (AvgIpc) is 2.28. The number of urea groups is 1. The Bertz CT molecular complexity index is 529. The maximum Gasteiger partial charge on any atom is 0.335 e. The first-order chi connectivity index (χ1) is 9.47. The molecule has 0 radical (unpaired) electrons. The Balaban J connectivity index is 1.95. The van der Waals surface area contributed by atoms with Crippen molar-refractivity contribution in [1.29, 1.82) is 0 Å². The van der Waals surface area contributed by atoms with Gasteiger partial charge in [0.2, 0.25) is 0 Å². The maximum absolute atomic E-state index is 13.6. The first-order valence-electron chi connectivity index (χ1n) is 6.57. The van der Waals surface area contributed by atoms with Crippen LogP contribution >= 0.6 is 0 Å². The molecule has 0 aliphatic heterocycles. The van der Waals surface area contributed by atoms with Gasteiger partial charge in [-0.05, 0) is 43.9 Å². The van der Waals surface area contributed by atoms with Crippen LogP contribution in [0.4, 0.5) is 14.9 Å². The van der Waals surface area contributed by atoms with Crippen molar-refractivity contribution in [2.75, 3.05) is 5.32 Å². The van der Waals surface area contributed by atoms with Gasteiger partial charge < -0.3 is 15.7 Å². The summed E-state index contributed by atoms with van der Waals surface area (Å²) in [5, 5.41) is 13.9. The molecule has 108 valence electrons. The van der Waals surface area contributed by atoms with E-state index in [0.717, 1.165) is 18.9 Å². The molecule has 1 aromatic carbocycles. The molecular formula is C14H17FN2O3. The quantitative estimate of drug-likeness (QED) is 0.793. The van der Waals surface area contributed by atoms with E-state index in [-0.39, 0.29) is 17.3 Å². The summed E-state index contributed by atoms with van der Waals surface area (Å²) in [5.74, 6) is -1.49. The van der Waals surface area contributed by atoms with E-state index in [1.54, 1.807) is 0 Å². The zero-order valence-corrected chi connectivity index (χ0v) is 11.1. The summed E-state index contributed by atoms with van der Waals surface area (Å²) in [4.78, 5) is 22.4. The third-order valence-electron chi connectivity index (χ3n) is 3.68. The lowest BCUT2D eigenvalue weighted by Crippen LogP contribution is -2.42. The van der Waals surface area contributed by atoms with E-state index in [1.165, 1.54) is 18.6 Å². The number of rotatable bonds is 4. The lowest BCUT2D eigenvalue weighted by Gasteiger charge is -2.31. The van der Waals surface area contributed by atoms with Gasteiger partial charge in [-0.2, -0.15) is 0 Å². The lowest BCUT2D eigenvalue weighted by atomic mass is 9.80. The van der Waals surface area contributed by atoms with Gasteiger partial charge >= 0.3 is 12.0 Å². The fourth-order valence-electron chi connectivity index (χ4n) is 2.17. The third-order valence-corrected chi connectivity index (χ3v) is 3.68. The predicted octanol–water partition coefficient (Wildman–Crippen LogP) is 2.83. The second kappa shape index (κ2) is 5.90. The Labute approximate surface area is 116 Å². The summed E-state index contributed by atoms with van der Waals surface area (Å²) >= 11 is 0. The molecule has 0 saturated heterocycles. The van der Waals surface area contributed by atoms with Crippen LogP contribution in [-0.4, -0.2) is 23.1 Å². The minimum absolute atomic E-state index is 0.0340. The number of amides is 2. The van der Waals surface area contributed by atoms with Crippen molar-refractivity contribution in [2.24, 2.45) is 5.92 Å². The molecule has 1 aliphatic rings. The first kappa shape index (κ1) is 14.3. The molecule has 0 heterocycles. The highest BCUT2D eigenvalue weighted by molar-refractivity contribution is 5.91. The number of hydrogen-bond donors (Lipinski definition) is 3. The number of carbonyl (C=O) groups is 2. The number of carboxylic acid groups (broad SMARTS) is 1. The van der Waals surface area contributed by atoms with Crippen LogP contribution in [0.25, 0.3) is 0 Å². The fraction of sp³-hybridized carbons (Fsp3) is 0.429. The van der Waals surface area contributed by atoms with Gasteiger partial charge in [-0.3, -0.25) is 0 Å². The minimum Gasteiger partial charge on any atom is -0.478 e. The normalized spacial score (nSPS) is 16.1. The third kappa shape index (κ3) is 3.26. The van der Waals surface area contributed by atoms with Gasteiger partial charge in [-0.1, -0.05) is 6.42 Å². The number of anilines is 1. The van der Waals surface area contributed by atoms with Crippen molar-refractivity contribution >= 4 is 17.7 Å². The molecule has 3 N–H and O–H groups in total. The molecule has 0 spiro atoms. The Morgan fingerprint density at radius 2 is 2.10 bits per heavy atom. The molecule has 1 saturated carbocycles. The van der Waals surface area contributed by atoms with Gasteiger partial charge in [0.25, 0.3) is 0 Å². The molecule has 20 heavy (non-hydrogen) atoms. The van der Waals surface area contributed by atoms with E-state index in [2.05, 4.69) is 10.6 Å². The summed E-state index contributed by atoms with van der Waals surface area (Å²) in [5.41, 5.74) is -0.190. The summed E-state index contributed by atoms with van der Waals surface area (Å²) in [6.07, 6.45) is 3.38. The van der Waals surface area contributed by atoms with Crippen molar-refractivity contribution in [2.45, 2.75) is 32.2 Å². The van der Waals surface area contributed by atoms with Gasteiger partial charge in [0.1, 0.15) is 5.82 Å². The van der Waals surface area contributed by atoms with Crippen molar-refractivity contribution in [3.8, 4) is 0 Å². The number of carbonyl (C=O) groups excluding carboxylic acids is 1. The largest absolute Gasteiger partial charge is 0.478 e. The van der Waals surface area contributed by atoms with Crippen LogP contribution in [0.2, 0.25) is 0 Å². The molecule has 1 aromatic rings. The van der Waals surface area contributed by atoms with Crippen LogP contribution in [0.5, 0.6) is 0 Å². The summed E-state index contributed by atoms with van der Waals surface area (Å²) in [6, 6.07) is 2.94. The standard InChI is InChI=1S/C14H17FN2O3/c1-8(9-3-2-4-9)16-14(20)17-12-6-5-10(13(18)19)7-11(12)15/h5-9H,2-4H2,1H3,(H,18,19)(H2,16,17,20). The molecule has 1 aliphatic carbocycles. The molecule has 1 unspecified atom stereocenters. The summed E-state index contributed by atoms with van der Waals surface area (Å²) < 4.78 is 13.6. The van der Waals surface area contributed by atoms with Gasteiger partial charge in [-0.15, -0.1) is 0 Å². The monoisotopic (exact) mass is 280 g/mol. The highest BCUT2D eigenvalue weighted by atomic mass is 19.1. The summed E-state index contributed by atoms with van der Waals surface area (Å²) in [6.45, 7) is 1.92. The van der Waals surface area contributed by atoms with Crippen molar-refractivity contribution in [1.82, 2.24) is 5.32 Å². The second-order valence-electron chi connectivity index (χ2n) is 5.08.